The predicted molar refractivity (Wildman–Crippen MR) is 191 cm³/mol. The van der Waals surface area contributed by atoms with Crippen molar-refractivity contribution in [2.24, 2.45) is 17.8 Å². The summed E-state index contributed by atoms with van der Waals surface area (Å²) in [5.74, 6) is 5.12. The molecule has 4 aliphatic rings. The molecule has 1 amide bonds. The van der Waals surface area contributed by atoms with Gasteiger partial charge in [0.25, 0.3) is 5.91 Å². The lowest BCUT2D eigenvalue weighted by atomic mass is 9.62. The molecule has 7 atom stereocenters. The Morgan fingerprint density at radius 3 is 2.77 bits per heavy atom. The van der Waals surface area contributed by atoms with E-state index in [1.165, 1.54) is 11.1 Å². The van der Waals surface area contributed by atoms with Crippen LogP contribution in [0.3, 0.4) is 0 Å². The zero-order chi connectivity index (χ0) is 33.8. The second-order valence-corrected chi connectivity index (χ2v) is 17.6. The van der Waals surface area contributed by atoms with Crippen LogP contribution in [-0.2, 0) is 28.0 Å². The first-order valence-corrected chi connectivity index (χ1v) is 19.3. The maximum Gasteiger partial charge on any atom is 0.262 e. The molecule has 256 valence electrons. The largest absolute Gasteiger partial charge is 0.490 e. The van der Waals surface area contributed by atoms with Crippen LogP contribution in [0.5, 0.6) is 5.75 Å². The van der Waals surface area contributed by atoms with Gasteiger partial charge in [0.15, 0.2) is 0 Å². The smallest absolute Gasteiger partial charge is 0.262 e. The van der Waals surface area contributed by atoms with Crippen LogP contribution in [0, 0.1) is 24.7 Å². The molecule has 2 aliphatic heterocycles. The number of carbonyl (C=O) groups is 1. The molecule has 2 N–H and O–H groups in total. The molecule has 1 fully saturated rings. The van der Waals surface area contributed by atoms with E-state index in [0.717, 1.165) is 48.5 Å². The van der Waals surface area contributed by atoms with E-state index in [2.05, 4.69) is 32.8 Å². The summed E-state index contributed by atoms with van der Waals surface area (Å²) in [7, 11) is -2.99. The molecule has 2 aromatic carbocycles. The molecule has 0 saturated heterocycles. The monoisotopic (exact) mass is 691 g/mol. The van der Waals surface area contributed by atoms with Crippen molar-refractivity contribution in [2.75, 3.05) is 24.6 Å². The summed E-state index contributed by atoms with van der Waals surface area (Å²) in [6, 6.07) is 13.6. The molecule has 7 rings (SSSR count). The SMILES string of the molecule is C=S1(=O)NC(=O)c2ccc3c(c2)N(C[C@@H]2CC[C@H]2[C@@](O)(Cc2cc(C)on2)/C=C/C[C@H](C)[C@H]1C)C[C@@]1(CCCc2cc(Cl)ccc21)CO3. The van der Waals surface area contributed by atoms with E-state index in [1.54, 1.807) is 6.07 Å². The van der Waals surface area contributed by atoms with E-state index in [-0.39, 0.29) is 23.2 Å². The van der Waals surface area contributed by atoms with Crippen molar-refractivity contribution < 1.29 is 23.4 Å². The van der Waals surface area contributed by atoms with Gasteiger partial charge in [-0.2, -0.15) is 0 Å². The van der Waals surface area contributed by atoms with Gasteiger partial charge < -0.3 is 19.3 Å². The number of ether oxygens (including phenoxy) is 1. The average Bonchev–Trinajstić information content (AvgIpc) is 3.36. The van der Waals surface area contributed by atoms with Crippen molar-refractivity contribution in [1.82, 2.24) is 9.88 Å². The van der Waals surface area contributed by atoms with Gasteiger partial charge in [0, 0.05) is 46.8 Å². The van der Waals surface area contributed by atoms with Crippen molar-refractivity contribution in [1.29, 1.82) is 0 Å². The van der Waals surface area contributed by atoms with Gasteiger partial charge in [-0.3, -0.25) is 9.52 Å². The molecule has 2 bridgehead atoms. The van der Waals surface area contributed by atoms with E-state index in [4.69, 9.17) is 20.9 Å². The molecule has 10 heteroatoms. The van der Waals surface area contributed by atoms with Crippen LogP contribution in [0.25, 0.3) is 0 Å². The number of aromatic nitrogens is 1. The van der Waals surface area contributed by atoms with Crippen LogP contribution in [0.1, 0.15) is 78.9 Å². The minimum absolute atomic E-state index is 0.0176. The van der Waals surface area contributed by atoms with Crippen molar-refractivity contribution in [3.05, 3.63) is 87.8 Å². The fraction of sp³-hybridized carbons (Fsp3) is 0.500. The third-order valence-electron chi connectivity index (χ3n) is 11.5. The highest BCUT2D eigenvalue weighted by molar-refractivity contribution is 7.99. The summed E-state index contributed by atoms with van der Waals surface area (Å²) in [5, 5.41) is 17.1. The van der Waals surface area contributed by atoms with Crippen LogP contribution >= 0.6 is 11.6 Å². The lowest BCUT2D eigenvalue weighted by Gasteiger charge is -2.49. The number of amides is 1. The number of fused-ring (bicyclic) bond motifs is 4. The minimum Gasteiger partial charge on any atom is -0.490 e. The second kappa shape index (κ2) is 12.6. The van der Waals surface area contributed by atoms with Gasteiger partial charge in [0.05, 0.1) is 33.3 Å². The molecule has 0 radical (unpaired) electrons. The van der Waals surface area contributed by atoms with Gasteiger partial charge in [-0.05, 0) is 117 Å². The first-order chi connectivity index (χ1) is 22.9. The molecular formula is C38H46ClN3O5S. The van der Waals surface area contributed by atoms with E-state index >= 15 is 0 Å². The fourth-order valence-electron chi connectivity index (χ4n) is 8.45. The highest BCUT2D eigenvalue weighted by atomic mass is 35.5. The number of nitrogens with one attached hydrogen (secondary N) is 1. The van der Waals surface area contributed by atoms with E-state index in [0.29, 0.717) is 49.6 Å². The summed E-state index contributed by atoms with van der Waals surface area (Å²) in [6.45, 7) is 7.62. The zero-order valence-electron chi connectivity index (χ0n) is 28.0. The molecular weight excluding hydrogens is 646 g/mol. The molecule has 8 nitrogen and oxygen atoms in total. The van der Waals surface area contributed by atoms with Crippen LogP contribution in [0.2, 0.25) is 5.02 Å². The molecule has 3 aromatic rings. The number of allylic oxidation sites excluding steroid dienone is 1. The molecule has 3 heterocycles. The van der Waals surface area contributed by atoms with Gasteiger partial charge >= 0.3 is 0 Å². The molecule has 48 heavy (non-hydrogen) atoms. The Bertz CT molecular complexity index is 1860. The summed E-state index contributed by atoms with van der Waals surface area (Å²) in [4.78, 5) is 16.0. The first kappa shape index (κ1) is 33.2. The van der Waals surface area contributed by atoms with Crippen LogP contribution in [0.4, 0.5) is 5.69 Å². The lowest BCUT2D eigenvalue weighted by Crippen LogP contribution is -2.53. The molecule has 1 saturated carbocycles. The van der Waals surface area contributed by atoms with Gasteiger partial charge in [0.2, 0.25) is 0 Å². The third-order valence-corrected chi connectivity index (χ3v) is 14.0. The Morgan fingerprint density at radius 1 is 1.19 bits per heavy atom. The topological polar surface area (TPSA) is 105 Å². The molecule has 1 unspecified atom stereocenters. The Balaban J connectivity index is 1.32. The molecule has 2 aliphatic carbocycles. The fourth-order valence-corrected chi connectivity index (χ4v) is 10.1. The van der Waals surface area contributed by atoms with Gasteiger partial charge in [-0.1, -0.05) is 41.9 Å². The molecule has 1 spiro atoms. The highest BCUT2D eigenvalue weighted by Crippen LogP contribution is 2.49. The number of carbonyl (C=O) groups excluding carboxylic acids is 1. The number of hydrogen-bond acceptors (Lipinski definition) is 7. The maximum absolute atomic E-state index is 13.9. The third kappa shape index (κ3) is 6.18. The Kier molecular flexibility index (Phi) is 8.70. The Hall–Kier alpha value is -3.27. The summed E-state index contributed by atoms with van der Waals surface area (Å²) >= 11 is 6.46. The van der Waals surface area contributed by atoms with Gasteiger partial charge in [-0.15, -0.1) is 0 Å². The van der Waals surface area contributed by atoms with E-state index < -0.39 is 26.5 Å². The number of halogens is 1. The zero-order valence-corrected chi connectivity index (χ0v) is 29.6. The normalized spacial score (nSPS) is 34.2. The van der Waals surface area contributed by atoms with Crippen LogP contribution < -0.4 is 14.4 Å². The second-order valence-electron chi connectivity index (χ2n) is 14.8. The molecule has 1 aromatic heterocycles. The first-order valence-electron chi connectivity index (χ1n) is 17.2. The summed E-state index contributed by atoms with van der Waals surface area (Å²) < 4.78 is 28.7. The number of hydrogen-bond donors (Lipinski definition) is 2. The predicted octanol–water partition coefficient (Wildman–Crippen LogP) is 6.46. The summed E-state index contributed by atoms with van der Waals surface area (Å²) in [6.07, 6.45) is 9.68. The van der Waals surface area contributed by atoms with Crippen LogP contribution in [-0.4, -0.2) is 56.8 Å². The Labute approximate surface area is 289 Å². The van der Waals surface area contributed by atoms with Crippen molar-refractivity contribution in [3.8, 4) is 5.75 Å². The average molecular weight is 692 g/mol. The van der Waals surface area contributed by atoms with Crippen LogP contribution in [0.15, 0.2) is 59.1 Å². The number of aliphatic hydroxyl groups is 1. The van der Waals surface area contributed by atoms with E-state index in [9.17, 15) is 14.1 Å². The lowest BCUT2D eigenvalue weighted by molar-refractivity contribution is -0.0456. The van der Waals surface area contributed by atoms with Crippen molar-refractivity contribution in [2.45, 2.75) is 82.0 Å². The maximum atomic E-state index is 13.9. The number of anilines is 1. The van der Waals surface area contributed by atoms with Crippen molar-refractivity contribution >= 4 is 38.8 Å². The van der Waals surface area contributed by atoms with Crippen molar-refractivity contribution in [3.63, 3.8) is 0 Å². The highest BCUT2D eigenvalue weighted by Gasteiger charge is 2.48. The number of benzene rings is 2. The summed E-state index contributed by atoms with van der Waals surface area (Å²) in [5.41, 5.74) is 3.07. The minimum atomic E-state index is -2.99. The number of aryl methyl sites for hydroxylation is 2. The van der Waals surface area contributed by atoms with Gasteiger partial charge in [-0.25, -0.2) is 4.21 Å². The number of nitrogens with zero attached hydrogens (tertiary/aromatic N) is 2. The Morgan fingerprint density at radius 2 is 2.02 bits per heavy atom. The standard InChI is InChI=1S/C38H46ClN3O5S/c1-24-7-5-16-38(44,20-31-17-25(2)47-40-31)33-12-9-29(33)21-42-22-37(15-6-8-27-18-30(39)11-13-32(27)37)23-46-35-14-10-28(19-34(35)42)36(43)41-48(4,45)26(24)3/h5,10-11,13-14,16-19,24,26,29,33,44H,4,6-9,12,15,20-23H2,1-3H3,(H,41,43,45)/b16-5+/t24-,26+,29-,33+,37-,38-,48?/m0/s1. The van der Waals surface area contributed by atoms with Gasteiger partial charge in [0.1, 0.15) is 11.5 Å². The number of rotatable bonds is 2. The van der Waals surface area contributed by atoms with E-state index in [1.807, 2.05) is 57.2 Å². The quantitative estimate of drug-likeness (QED) is 0.235.